The number of nitrogens with zero attached hydrogens (tertiary/aromatic N) is 3. The van der Waals surface area contributed by atoms with E-state index in [4.69, 9.17) is 4.98 Å². The molecule has 1 heterocycles. The second kappa shape index (κ2) is 10.1. The van der Waals surface area contributed by atoms with Gasteiger partial charge in [0.2, 0.25) is 0 Å². The number of halogens is 1. The monoisotopic (exact) mass is 455 g/mol. The predicted octanol–water partition coefficient (Wildman–Crippen LogP) is 6.29. The number of imidazole rings is 1. The van der Waals surface area contributed by atoms with Crippen molar-refractivity contribution in [2.24, 2.45) is 5.92 Å². The van der Waals surface area contributed by atoms with E-state index >= 15 is 0 Å². The number of amides is 1. The summed E-state index contributed by atoms with van der Waals surface area (Å²) in [5.41, 5.74) is 2.85. The van der Waals surface area contributed by atoms with Gasteiger partial charge in [-0.05, 0) is 49.1 Å². The van der Waals surface area contributed by atoms with E-state index in [0.29, 0.717) is 18.0 Å². The van der Waals surface area contributed by atoms with Crippen molar-refractivity contribution in [1.82, 2.24) is 14.5 Å². The van der Waals surface area contributed by atoms with E-state index in [9.17, 15) is 4.79 Å². The lowest BCUT2D eigenvalue weighted by Gasteiger charge is -2.24. The van der Waals surface area contributed by atoms with E-state index < -0.39 is 0 Å². The summed E-state index contributed by atoms with van der Waals surface area (Å²) in [5.74, 6) is 1.56. The Balaban J connectivity index is 1.93. The molecule has 4 nitrogen and oxygen atoms in total. The molecule has 0 saturated heterocycles. The van der Waals surface area contributed by atoms with Crippen LogP contribution in [0.1, 0.15) is 56.2 Å². The molecule has 0 spiro atoms. The number of carbonyl (C=O) groups is 1. The van der Waals surface area contributed by atoms with E-state index in [2.05, 4.69) is 59.5 Å². The van der Waals surface area contributed by atoms with Gasteiger partial charge >= 0.3 is 0 Å². The lowest BCUT2D eigenvalue weighted by Crippen LogP contribution is -2.33. The molecule has 0 atom stereocenters. The van der Waals surface area contributed by atoms with Gasteiger partial charge in [-0.15, -0.1) is 0 Å². The van der Waals surface area contributed by atoms with Crippen LogP contribution < -0.4 is 0 Å². The zero-order valence-corrected chi connectivity index (χ0v) is 19.2. The van der Waals surface area contributed by atoms with Gasteiger partial charge in [0.1, 0.15) is 5.82 Å². The summed E-state index contributed by atoms with van der Waals surface area (Å²) in [6.45, 7) is 8.76. The van der Waals surface area contributed by atoms with Crippen LogP contribution in [-0.4, -0.2) is 26.9 Å². The molecular formula is C24H30BrN3O. The van der Waals surface area contributed by atoms with Crippen molar-refractivity contribution in [3.8, 4) is 0 Å². The second-order valence-electron chi connectivity index (χ2n) is 7.94. The molecule has 0 unspecified atom stereocenters. The van der Waals surface area contributed by atoms with E-state index in [1.165, 1.54) is 0 Å². The van der Waals surface area contributed by atoms with Crippen molar-refractivity contribution < 1.29 is 4.79 Å². The molecule has 0 aliphatic rings. The average molecular weight is 456 g/mol. The molecule has 29 heavy (non-hydrogen) atoms. The first-order chi connectivity index (χ1) is 14.0. The minimum atomic E-state index is 0.0565. The molecular weight excluding hydrogens is 426 g/mol. The number of hydrogen-bond donors (Lipinski definition) is 0. The van der Waals surface area contributed by atoms with E-state index in [1.54, 1.807) is 0 Å². The Labute approximate surface area is 182 Å². The highest BCUT2D eigenvalue weighted by atomic mass is 79.9. The summed E-state index contributed by atoms with van der Waals surface area (Å²) >= 11 is 3.48. The Bertz CT molecular complexity index is 964. The fourth-order valence-electron chi connectivity index (χ4n) is 3.45. The van der Waals surface area contributed by atoms with Crippen LogP contribution in [0, 0.1) is 5.92 Å². The predicted molar refractivity (Wildman–Crippen MR) is 123 cm³/mol. The van der Waals surface area contributed by atoms with Gasteiger partial charge in [-0.2, -0.15) is 0 Å². The number of rotatable bonds is 9. The van der Waals surface area contributed by atoms with E-state index in [-0.39, 0.29) is 5.91 Å². The molecule has 1 amide bonds. The van der Waals surface area contributed by atoms with Gasteiger partial charge in [0.25, 0.3) is 5.91 Å². The topological polar surface area (TPSA) is 38.1 Å². The Morgan fingerprint density at radius 2 is 1.97 bits per heavy atom. The second-order valence-corrected chi connectivity index (χ2v) is 8.86. The molecule has 0 aliphatic carbocycles. The van der Waals surface area contributed by atoms with Crippen molar-refractivity contribution in [3.05, 3.63) is 64.4 Å². The highest BCUT2D eigenvalue weighted by Crippen LogP contribution is 2.21. The number of hydrogen-bond acceptors (Lipinski definition) is 2. The number of aromatic nitrogens is 2. The number of benzene rings is 2. The van der Waals surface area contributed by atoms with Gasteiger partial charge in [0.05, 0.1) is 17.6 Å². The molecule has 1 aromatic heterocycles. The molecule has 2 aromatic carbocycles. The summed E-state index contributed by atoms with van der Waals surface area (Å²) in [4.78, 5) is 20.2. The average Bonchev–Trinajstić information content (AvgIpc) is 3.05. The third-order valence-electron chi connectivity index (χ3n) is 5.14. The SMILES string of the molecule is CCCCn1c(CN(CCC(C)C)C(=O)c2cccc(Br)c2)nc2ccccc21. The molecule has 5 heteroatoms. The number of fused-ring (bicyclic) bond motifs is 1. The van der Waals surface area contributed by atoms with Crippen molar-refractivity contribution in [2.75, 3.05) is 6.54 Å². The Morgan fingerprint density at radius 3 is 2.69 bits per heavy atom. The van der Waals surface area contributed by atoms with Gasteiger partial charge in [-0.3, -0.25) is 4.79 Å². The normalized spacial score (nSPS) is 11.3. The van der Waals surface area contributed by atoms with Crippen molar-refractivity contribution in [3.63, 3.8) is 0 Å². The van der Waals surface area contributed by atoms with Crippen LogP contribution in [0.3, 0.4) is 0 Å². The maximum atomic E-state index is 13.3. The van der Waals surface area contributed by atoms with Crippen molar-refractivity contribution >= 4 is 32.9 Å². The number of para-hydroxylation sites is 2. The summed E-state index contributed by atoms with van der Waals surface area (Å²) in [6, 6.07) is 15.9. The number of aryl methyl sites for hydroxylation is 1. The molecule has 0 aliphatic heterocycles. The van der Waals surface area contributed by atoms with Crippen LogP contribution >= 0.6 is 15.9 Å². The Kier molecular flexibility index (Phi) is 7.48. The van der Waals surface area contributed by atoms with Crippen LogP contribution in [0.25, 0.3) is 11.0 Å². The fraction of sp³-hybridized carbons (Fsp3) is 0.417. The maximum absolute atomic E-state index is 13.3. The smallest absolute Gasteiger partial charge is 0.254 e. The van der Waals surface area contributed by atoms with Crippen LogP contribution in [0.15, 0.2) is 53.0 Å². The quantitative estimate of drug-likeness (QED) is 0.380. The summed E-state index contributed by atoms with van der Waals surface area (Å²) in [6.07, 6.45) is 3.19. The zero-order valence-electron chi connectivity index (χ0n) is 17.6. The summed E-state index contributed by atoms with van der Waals surface area (Å²) in [5, 5.41) is 0. The minimum absolute atomic E-state index is 0.0565. The van der Waals surface area contributed by atoms with Gasteiger partial charge < -0.3 is 9.47 Å². The third kappa shape index (κ3) is 5.47. The van der Waals surface area contributed by atoms with Gasteiger partial charge in [0.15, 0.2) is 0 Å². The molecule has 0 fully saturated rings. The summed E-state index contributed by atoms with van der Waals surface area (Å²) in [7, 11) is 0. The highest BCUT2D eigenvalue weighted by molar-refractivity contribution is 9.10. The molecule has 0 radical (unpaired) electrons. The lowest BCUT2D eigenvalue weighted by atomic mass is 10.1. The maximum Gasteiger partial charge on any atom is 0.254 e. The van der Waals surface area contributed by atoms with Gasteiger partial charge in [0, 0.05) is 23.1 Å². The molecule has 154 valence electrons. The Morgan fingerprint density at radius 1 is 1.17 bits per heavy atom. The lowest BCUT2D eigenvalue weighted by molar-refractivity contribution is 0.0729. The summed E-state index contributed by atoms with van der Waals surface area (Å²) < 4.78 is 3.21. The van der Waals surface area contributed by atoms with Crippen molar-refractivity contribution in [2.45, 2.75) is 53.1 Å². The molecule has 3 aromatic rings. The molecule has 3 rings (SSSR count). The van der Waals surface area contributed by atoms with Crippen LogP contribution in [0.2, 0.25) is 0 Å². The first kappa shape index (κ1) is 21.6. The highest BCUT2D eigenvalue weighted by Gasteiger charge is 2.20. The van der Waals surface area contributed by atoms with Gasteiger partial charge in [-0.25, -0.2) is 4.98 Å². The van der Waals surface area contributed by atoms with Crippen molar-refractivity contribution in [1.29, 1.82) is 0 Å². The molecule has 0 bridgehead atoms. The van der Waals surface area contributed by atoms with Crippen LogP contribution in [0.4, 0.5) is 0 Å². The molecule has 0 N–H and O–H groups in total. The molecule has 0 saturated carbocycles. The number of unbranched alkanes of at least 4 members (excludes halogenated alkanes) is 1. The third-order valence-corrected chi connectivity index (χ3v) is 5.63. The first-order valence-corrected chi connectivity index (χ1v) is 11.3. The first-order valence-electron chi connectivity index (χ1n) is 10.5. The van der Waals surface area contributed by atoms with Crippen LogP contribution in [0.5, 0.6) is 0 Å². The largest absolute Gasteiger partial charge is 0.331 e. The standard InChI is InChI=1S/C24H30BrN3O/c1-4-5-14-28-22-12-7-6-11-21(22)26-23(28)17-27(15-13-18(2)3)24(29)19-9-8-10-20(25)16-19/h6-12,16,18H,4-5,13-15,17H2,1-3H3. The van der Waals surface area contributed by atoms with E-state index in [0.717, 1.165) is 53.7 Å². The fourth-order valence-corrected chi connectivity index (χ4v) is 3.85. The minimum Gasteiger partial charge on any atom is -0.331 e. The van der Waals surface area contributed by atoms with Crippen LogP contribution in [-0.2, 0) is 13.1 Å². The zero-order chi connectivity index (χ0) is 20.8. The Hall–Kier alpha value is -2.14. The number of carbonyl (C=O) groups excluding carboxylic acids is 1. The van der Waals surface area contributed by atoms with Gasteiger partial charge in [-0.1, -0.05) is 61.3 Å². The van der Waals surface area contributed by atoms with E-state index in [1.807, 2.05) is 35.2 Å².